The second-order valence-corrected chi connectivity index (χ2v) is 5.20. The van der Waals surface area contributed by atoms with Gasteiger partial charge in [0.15, 0.2) is 0 Å². The van der Waals surface area contributed by atoms with Gasteiger partial charge in [0.05, 0.1) is 18.0 Å². The molecule has 0 bridgehead atoms. The van der Waals surface area contributed by atoms with Gasteiger partial charge in [-0.05, 0) is 27.8 Å². The first kappa shape index (κ1) is 12.8. The van der Waals surface area contributed by atoms with E-state index in [0.717, 1.165) is 0 Å². The van der Waals surface area contributed by atoms with Crippen molar-refractivity contribution in [2.24, 2.45) is 0 Å². The predicted octanol–water partition coefficient (Wildman–Crippen LogP) is 1.11. The first-order valence-electron chi connectivity index (χ1n) is 5.36. The molecule has 1 N–H and O–H groups in total. The summed E-state index contributed by atoms with van der Waals surface area (Å²) in [7, 11) is 1.81. The number of rotatable bonds is 2. The SMILES string of the molecule is CNC1(CC#N)CN(C(=O)OC(C)(C)C)C1. The van der Waals surface area contributed by atoms with E-state index in [1.807, 2.05) is 27.8 Å². The number of likely N-dealkylation sites (tertiary alicyclic amines) is 1. The van der Waals surface area contributed by atoms with E-state index in [2.05, 4.69) is 11.4 Å². The van der Waals surface area contributed by atoms with Gasteiger partial charge in [-0.15, -0.1) is 0 Å². The number of nitrogens with one attached hydrogen (secondary N) is 1. The van der Waals surface area contributed by atoms with Crippen LogP contribution in [0.25, 0.3) is 0 Å². The summed E-state index contributed by atoms with van der Waals surface area (Å²) >= 11 is 0. The molecule has 0 aromatic rings. The van der Waals surface area contributed by atoms with E-state index in [4.69, 9.17) is 10.00 Å². The molecule has 1 rings (SSSR count). The highest BCUT2D eigenvalue weighted by molar-refractivity contribution is 5.69. The number of hydrogen-bond acceptors (Lipinski definition) is 4. The highest BCUT2D eigenvalue weighted by Crippen LogP contribution is 2.25. The first-order chi connectivity index (χ1) is 7.32. The lowest BCUT2D eigenvalue weighted by Crippen LogP contribution is -2.69. The molecule has 0 aromatic carbocycles. The van der Waals surface area contributed by atoms with Gasteiger partial charge in [0.1, 0.15) is 5.60 Å². The normalized spacial score (nSPS) is 18.6. The summed E-state index contributed by atoms with van der Waals surface area (Å²) in [5.74, 6) is 0. The largest absolute Gasteiger partial charge is 0.444 e. The molecule has 0 saturated carbocycles. The summed E-state index contributed by atoms with van der Waals surface area (Å²) in [5.41, 5.74) is -0.712. The van der Waals surface area contributed by atoms with Crippen LogP contribution in [0.4, 0.5) is 4.79 Å². The van der Waals surface area contributed by atoms with E-state index >= 15 is 0 Å². The van der Waals surface area contributed by atoms with Gasteiger partial charge < -0.3 is 15.0 Å². The first-order valence-corrected chi connectivity index (χ1v) is 5.36. The molecule has 0 atom stereocenters. The minimum absolute atomic E-state index is 0.244. The molecule has 1 aliphatic rings. The molecule has 1 saturated heterocycles. The van der Waals surface area contributed by atoms with Crippen molar-refractivity contribution in [2.45, 2.75) is 38.3 Å². The molecule has 1 aliphatic heterocycles. The highest BCUT2D eigenvalue weighted by Gasteiger charge is 2.45. The zero-order chi connectivity index (χ0) is 12.4. The summed E-state index contributed by atoms with van der Waals surface area (Å²) in [5, 5.41) is 11.8. The molecule has 5 nitrogen and oxygen atoms in total. The van der Waals surface area contributed by atoms with Crippen LogP contribution in [0, 0.1) is 11.3 Å². The van der Waals surface area contributed by atoms with Crippen molar-refractivity contribution >= 4 is 6.09 Å². The molecule has 0 radical (unpaired) electrons. The summed E-state index contributed by atoms with van der Waals surface area (Å²) in [6.45, 7) is 6.58. The summed E-state index contributed by atoms with van der Waals surface area (Å²) in [6.07, 6.45) is 0.0966. The van der Waals surface area contributed by atoms with Crippen LogP contribution in [0.5, 0.6) is 0 Å². The van der Waals surface area contributed by atoms with Gasteiger partial charge in [0, 0.05) is 13.1 Å². The van der Waals surface area contributed by atoms with Gasteiger partial charge in [0.25, 0.3) is 0 Å². The maximum Gasteiger partial charge on any atom is 0.410 e. The van der Waals surface area contributed by atoms with Crippen molar-refractivity contribution in [2.75, 3.05) is 20.1 Å². The van der Waals surface area contributed by atoms with Gasteiger partial charge in [0.2, 0.25) is 0 Å². The summed E-state index contributed by atoms with van der Waals surface area (Å²) < 4.78 is 5.23. The third kappa shape index (κ3) is 2.86. The number of ether oxygens (including phenoxy) is 1. The summed E-state index contributed by atoms with van der Waals surface area (Å²) in [4.78, 5) is 13.3. The number of nitriles is 1. The third-order valence-electron chi connectivity index (χ3n) is 2.59. The summed E-state index contributed by atoms with van der Waals surface area (Å²) in [6, 6.07) is 2.13. The van der Waals surface area contributed by atoms with Gasteiger partial charge in [-0.2, -0.15) is 5.26 Å². The third-order valence-corrected chi connectivity index (χ3v) is 2.59. The van der Waals surface area contributed by atoms with Gasteiger partial charge >= 0.3 is 6.09 Å². The van der Waals surface area contributed by atoms with Crippen LogP contribution in [0.15, 0.2) is 0 Å². The van der Waals surface area contributed by atoms with Crippen LogP contribution in [0.1, 0.15) is 27.2 Å². The lowest BCUT2D eigenvalue weighted by molar-refractivity contribution is -0.0137. The van der Waals surface area contributed by atoms with E-state index in [0.29, 0.717) is 19.5 Å². The molecule has 0 unspecified atom stereocenters. The molecular weight excluding hydrogens is 206 g/mol. The molecule has 1 heterocycles. The monoisotopic (exact) mass is 225 g/mol. The molecule has 0 aliphatic carbocycles. The number of hydrogen-bond donors (Lipinski definition) is 1. The van der Waals surface area contributed by atoms with E-state index in [-0.39, 0.29) is 11.6 Å². The molecule has 1 fully saturated rings. The Balaban J connectivity index is 2.46. The number of nitrogens with zero attached hydrogens (tertiary/aromatic N) is 2. The minimum Gasteiger partial charge on any atom is -0.444 e. The molecule has 16 heavy (non-hydrogen) atoms. The lowest BCUT2D eigenvalue weighted by atomic mass is 9.87. The molecule has 0 aromatic heterocycles. The lowest BCUT2D eigenvalue weighted by Gasteiger charge is -2.48. The molecule has 90 valence electrons. The topological polar surface area (TPSA) is 65.4 Å². The van der Waals surface area contributed by atoms with Crippen molar-refractivity contribution in [1.29, 1.82) is 5.26 Å². The quantitative estimate of drug-likeness (QED) is 0.764. The van der Waals surface area contributed by atoms with Crippen LogP contribution in [0.2, 0.25) is 0 Å². The Morgan fingerprint density at radius 2 is 2.12 bits per heavy atom. The van der Waals surface area contributed by atoms with Crippen molar-refractivity contribution in [3.05, 3.63) is 0 Å². The van der Waals surface area contributed by atoms with Crippen molar-refractivity contribution in [3.8, 4) is 6.07 Å². The standard InChI is InChI=1S/C11H19N3O2/c1-10(2,3)16-9(15)14-7-11(8-14,13-4)5-6-12/h13H,5,7-8H2,1-4H3. The van der Waals surface area contributed by atoms with E-state index < -0.39 is 5.60 Å². The Morgan fingerprint density at radius 1 is 1.56 bits per heavy atom. The Kier molecular flexibility index (Phi) is 3.44. The maximum atomic E-state index is 11.6. The average molecular weight is 225 g/mol. The van der Waals surface area contributed by atoms with Gasteiger partial charge in [-0.3, -0.25) is 0 Å². The van der Waals surface area contributed by atoms with Crippen LogP contribution in [0.3, 0.4) is 0 Å². The molecule has 5 heteroatoms. The maximum absolute atomic E-state index is 11.6. The Labute approximate surface area is 96.4 Å². The Bertz CT molecular complexity index is 308. The second kappa shape index (κ2) is 4.30. The van der Waals surface area contributed by atoms with Gasteiger partial charge in [-0.25, -0.2) is 4.79 Å². The zero-order valence-electron chi connectivity index (χ0n) is 10.3. The van der Waals surface area contributed by atoms with Crippen molar-refractivity contribution in [1.82, 2.24) is 10.2 Å². The van der Waals surface area contributed by atoms with Crippen LogP contribution < -0.4 is 5.32 Å². The van der Waals surface area contributed by atoms with E-state index in [1.54, 1.807) is 4.90 Å². The number of carbonyl (C=O) groups excluding carboxylic acids is 1. The van der Waals surface area contributed by atoms with E-state index in [1.165, 1.54) is 0 Å². The molecular formula is C11H19N3O2. The van der Waals surface area contributed by atoms with Gasteiger partial charge in [-0.1, -0.05) is 0 Å². The zero-order valence-corrected chi connectivity index (χ0v) is 10.3. The number of amides is 1. The average Bonchev–Trinajstić information content (AvgIpc) is 2.07. The van der Waals surface area contributed by atoms with E-state index in [9.17, 15) is 4.79 Å². The highest BCUT2D eigenvalue weighted by atomic mass is 16.6. The number of likely N-dealkylation sites (N-methyl/N-ethyl adjacent to an activating group) is 1. The van der Waals surface area contributed by atoms with Crippen LogP contribution in [-0.4, -0.2) is 42.3 Å². The number of carbonyl (C=O) groups is 1. The molecule has 0 spiro atoms. The molecule has 1 amide bonds. The van der Waals surface area contributed by atoms with Crippen molar-refractivity contribution in [3.63, 3.8) is 0 Å². The van der Waals surface area contributed by atoms with Crippen LogP contribution >= 0.6 is 0 Å². The Hall–Kier alpha value is -1.28. The Morgan fingerprint density at radius 3 is 2.50 bits per heavy atom. The van der Waals surface area contributed by atoms with Crippen molar-refractivity contribution < 1.29 is 9.53 Å². The fourth-order valence-corrected chi connectivity index (χ4v) is 1.65. The fraction of sp³-hybridized carbons (Fsp3) is 0.818. The predicted molar refractivity (Wildman–Crippen MR) is 59.8 cm³/mol. The minimum atomic E-state index is -0.468. The van der Waals surface area contributed by atoms with Crippen LogP contribution in [-0.2, 0) is 4.74 Å². The smallest absolute Gasteiger partial charge is 0.410 e. The second-order valence-electron chi connectivity index (χ2n) is 5.20. The fourth-order valence-electron chi connectivity index (χ4n) is 1.65.